The van der Waals surface area contributed by atoms with Crippen molar-refractivity contribution in [1.29, 1.82) is 0 Å². The van der Waals surface area contributed by atoms with Gasteiger partial charge in [-0.1, -0.05) is 49.7 Å². The van der Waals surface area contributed by atoms with Crippen LogP contribution in [-0.4, -0.2) is 17.4 Å². The predicted octanol–water partition coefficient (Wildman–Crippen LogP) is 4.07. The molecule has 0 fully saturated rings. The first kappa shape index (κ1) is 16.2. The normalized spacial score (nSPS) is 14.3. The van der Waals surface area contributed by atoms with E-state index in [2.05, 4.69) is 6.92 Å². The first-order valence-corrected chi connectivity index (χ1v) is 8.25. The summed E-state index contributed by atoms with van der Waals surface area (Å²) in [4.78, 5) is 25.5. The van der Waals surface area contributed by atoms with E-state index in [0.29, 0.717) is 12.2 Å². The number of hydrogen-bond donors (Lipinski definition) is 0. The molecule has 0 N–H and O–H groups in total. The average Bonchev–Trinajstić information content (AvgIpc) is 3.03. The first-order chi connectivity index (χ1) is 11.6. The van der Waals surface area contributed by atoms with Gasteiger partial charge in [0.25, 0.3) is 5.69 Å². The second-order valence-corrected chi connectivity index (χ2v) is 6.06. The standard InChI is InChI=1S/C19H20N2O3/c1-2-6-17(14-7-4-3-5-8-14)19(22)20-12-11-15-9-10-16(21(23)24)13-18(15)20/h3-5,7-10,13,17H,2,6,11-12H2,1H3. The summed E-state index contributed by atoms with van der Waals surface area (Å²) in [5.74, 6) is -0.177. The van der Waals surface area contributed by atoms with Crippen LogP contribution in [0.1, 0.15) is 36.8 Å². The molecule has 5 heteroatoms. The van der Waals surface area contributed by atoms with Crippen LogP contribution in [0.5, 0.6) is 0 Å². The maximum atomic E-state index is 13.1. The molecular formula is C19H20N2O3. The van der Waals surface area contributed by atoms with Gasteiger partial charge in [0.05, 0.1) is 16.5 Å². The highest BCUT2D eigenvalue weighted by molar-refractivity contribution is 6.00. The van der Waals surface area contributed by atoms with Crippen molar-refractivity contribution < 1.29 is 9.72 Å². The van der Waals surface area contributed by atoms with E-state index in [0.717, 1.165) is 30.4 Å². The SMILES string of the molecule is CCCC(C(=O)N1CCc2ccc([N+](=O)[O-])cc21)c1ccccc1. The zero-order valence-electron chi connectivity index (χ0n) is 13.6. The summed E-state index contributed by atoms with van der Waals surface area (Å²) < 4.78 is 0. The third-order valence-electron chi connectivity index (χ3n) is 4.52. The van der Waals surface area contributed by atoms with Gasteiger partial charge in [0.15, 0.2) is 0 Å². The minimum Gasteiger partial charge on any atom is -0.311 e. The molecule has 1 atom stereocenters. The predicted molar refractivity (Wildman–Crippen MR) is 93.2 cm³/mol. The summed E-state index contributed by atoms with van der Waals surface area (Å²) in [5.41, 5.74) is 2.71. The van der Waals surface area contributed by atoms with Gasteiger partial charge in [-0.15, -0.1) is 0 Å². The third kappa shape index (κ3) is 3.02. The van der Waals surface area contributed by atoms with Crippen LogP contribution in [0.3, 0.4) is 0 Å². The smallest absolute Gasteiger partial charge is 0.271 e. The molecule has 24 heavy (non-hydrogen) atoms. The van der Waals surface area contributed by atoms with E-state index in [1.54, 1.807) is 11.0 Å². The van der Waals surface area contributed by atoms with Crippen LogP contribution >= 0.6 is 0 Å². The number of nitro benzene ring substituents is 1. The fourth-order valence-corrected chi connectivity index (χ4v) is 3.30. The van der Waals surface area contributed by atoms with Crippen molar-refractivity contribution in [2.24, 2.45) is 0 Å². The van der Waals surface area contributed by atoms with Gasteiger partial charge in [0, 0.05) is 18.7 Å². The third-order valence-corrected chi connectivity index (χ3v) is 4.52. The Morgan fingerprint density at radius 3 is 2.67 bits per heavy atom. The van der Waals surface area contributed by atoms with E-state index in [-0.39, 0.29) is 17.5 Å². The number of hydrogen-bond acceptors (Lipinski definition) is 3. The minimum absolute atomic E-state index is 0.0280. The Morgan fingerprint density at radius 2 is 2.00 bits per heavy atom. The number of fused-ring (bicyclic) bond motifs is 1. The number of rotatable bonds is 5. The van der Waals surface area contributed by atoms with Gasteiger partial charge in [-0.25, -0.2) is 0 Å². The van der Waals surface area contributed by atoms with Crippen molar-refractivity contribution >= 4 is 17.3 Å². The molecule has 3 rings (SSSR count). The molecule has 124 valence electrons. The Labute approximate surface area is 141 Å². The van der Waals surface area contributed by atoms with Crippen LogP contribution in [0.4, 0.5) is 11.4 Å². The lowest BCUT2D eigenvalue weighted by Gasteiger charge is -2.24. The van der Waals surface area contributed by atoms with Gasteiger partial charge in [-0.2, -0.15) is 0 Å². The van der Waals surface area contributed by atoms with Gasteiger partial charge in [-0.05, 0) is 24.0 Å². The lowest BCUT2D eigenvalue weighted by molar-refractivity contribution is -0.384. The Morgan fingerprint density at radius 1 is 1.25 bits per heavy atom. The highest BCUT2D eigenvalue weighted by Gasteiger charge is 2.31. The molecule has 1 aliphatic heterocycles. The maximum Gasteiger partial charge on any atom is 0.271 e. The van der Waals surface area contributed by atoms with Crippen LogP contribution in [0.15, 0.2) is 48.5 Å². The van der Waals surface area contributed by atoms with Gasteiger partial charge in [0.2, 0.25) is 5.91 Å². The average molecular weight is 324 g/mol. The van der Waals surface area contributed by atoms with Crippen molar-refractivity contribution in [3.8, 4) is 0 Å². The van der Waals surface area contributed by atoms with Gasteiger partial charge in [0.1, 0.15) is 0 Å². The van der Waals surface area contributed by atoms with Gasteiger partial charge < -0.3 is 4.90 Å². The molecule has 1 heterocycles. The summed E-state index contributed by atoms with van der Waals surface area (Å²) >= 11 is 0. The summed E-state index contributed by atoms with van der Waals surface area (Å²) in [6.07, 6.45) is 2.41. The topological polar surface area (TPSA) is 63.5 Å². The monoisotopic (exact) mass is 324 g/mol. The number of benzene rings is 2. The van der Waals surface area contributed by atoms with E-state index in [1.165, 1.54) is 12.1 Å². The van der Waals surface area contributed by atoms with Crippen molar-refractivity contribution in [3.05, 3.63) is 69.8 Å². The molecule has 1 unspecified atom stereocenters. The van der Waals surface area contributed by atoms with Crippen molar-refractivity contribution in [3.63, 3.8) is 0 Å². The quantitative estimate of drug-likeness (QED) is 0.615. The zero-order valence-corrected chi connectivity index (χ0v) is 13.6. The molecular weight excluding hydrogens is 304 g/mol. The molecule has 0 aromatic heterocycles. The fraction of sp³-hybridized carbons (Fsp3) is 0.316. The molecule has 0 spiro atoms. The Balaban J connectivity index is 1.93. The molecule has 1 aliphatic rings. The van der Waals surface area contributed by atoms with Crippen LogP contribution < -0.4 is 4.90 Å². The van der Waals surface area contributed by atoms with Crippen LogP contribution in [0, 0.1) is 10.1 Å². The van der Waals surface area contributed by atoms with Crippen LogP contribution in [0.25, 0.3) is 0 Å². The summed E-state index contributed by atoms with van der Waals surface area (Å²) in [6.45, 7) is 2.65. The lowest BCUT2D eigenvalue weighted by Crippen LogP contribution is -2.33. The Bertz CT molecular complexity index is 758. The molecule has 5 nitrogen and oxygen atoms in total. The van der Waals surface area contributed by atoms with Crippen molar-refractivity contribution in [2.45, 2.75) is 32.1 Å². The lowest BCUT2D eigenvalue weighted by atomic mass is 9.93. The van der Waals surface area contributed by atoms with Crippen LogP contribution in [-0.2, 0) is 11.2 Å². The molecule has 0 saturated heterocycles. The first-order valence-electron chi connectivity index (χ1n) is 8.25. The van der Waals surface area contributed by atoms with E-state index >= 15 is 0 Å². The molecule has 0 radical (unpaired) electrons. The minimum atomic E-state index is -0.415. The number of nitro groups is 1. The second-order valence-electron chi connectivity index (χ2n) is 6.06. The van der Waals surface area contributed by atoms with Crippen LogP contribution in [0.2, 0.25) is 0 Å². The number of non-ortho nitro benzene ring substituents is 1. The zero-order chi connectivity index (χ0) is 17.1. The Hall–Kier alpha value is -2.69. The largest absolute Gasteiger partial charge is 0.311 e. The molecule has 0 bridgehead atoms. The molecule has 0 aliphatic carbocycles. The number of carbonyl (C=O) groups is 1. The highest BCUT2D eigenvalue weighted by Crippen LogP contribution is 2.35. The Kier molecular flexibility index (Phi) is 4.60. The molecule has 0 saturated carbocycles. The number of amides is 1. The van der Waals surface area contributed by atoms with Crippen molar-refractivity contribution in [1.82, 2.24) is 0 Å². The highest BCUT2D eigenvalue weighted by atomic mass is 16.6. The van der Waals surface area contributed by atoms with Gasteiger partial charge >= 0.3 is 0 Å². The fourth-order valence-electron chi connectivity index (χ4n) is 3.30. The van der Waals surface area contributed by atoms with E-state index < -0.39 is 4.92 Å². The maximum absolute atomic E-state index is 13.1. The van der Waals surface area contributed by atoms with Crippen molar-refractivity contribution in [2.75, 3.05) is 11.4 Å². The summed E-state index contributed by atoms with van der Waals surface area (Å²) in [6, 6.07) is 14.6. The van der Waals surface area contributed by atoms with E-state index in [9.17, 15) is 14.9 Å². The number of anilines is 1. The number of nitrogens with zero attached hydrogens (tertiary/aromatic N) is 2. The van der Waals surface area contributed by atoms with E-state index in [4.69, 9.17) is 0 Å². The van der Waals surface area contributed by atoms with E-state index in [1.807, 2.05) is 30.3 Å². The molecule has 2 aromatic carbocycles. The molecule has 2 aromatic rings. The number of carbonyl (C=O) groups excluding carboxylic acids is 1. The summed E-state index contributed by atoms with van der Waals surface area (Å²) in [5, 5.41) is 11.0. The summed E-state index contributed by atoms with van der Waals surface area (Å²) in [7, 11) is 0. The van der Waals surface area contributed by atoms with Gasteiger partial charge in [-0.3, -0.25) is 14.9 Å². The molecule has 1 amide bonds. The second kappa shape index (κ2) is 6.83.